The number of ether oxygens (including phenoxy) is 8. The highest BCUT2D eigenvalue weighted by Crippen LogP contribution is 1.85. The van der Waals surface area contributed by atoms with Crippen molar-refractivity contribution in [1.29, 1.82) is 0 Å². The van der Waals surface area contributed by atoms with Gasteiger partial charge in [-0.1, -0.05) is 0 Å². The first-order valence-corrected chi connectivity index (χ1v) is 8.95. The summed E-state index contributed by atoms with van der Waals surface area (Å²) in [6.45, 7) is 10.7. The molecule has 0 heterocycles. The summed E-state index contributed by atoms with van der Waals surface area (Å²) in [6.07, 6.45) is 0. The Morgan fingerprint density at radius 1 is 0.360 bits per heavy atom. The average molecular weight is 368 g/mol. The molecule has 0 saturated carbocycles. The van der Waals surface area contributed by atoms with Crippen molar-refractivity contribution >= 4 is 0 Å². The maximum atomic E-state index is 5.39. The Balaban J connectivity index is 2.94. The van der Waals surface area contributed by atoms with Gasteiger partial charge in [-0.15, -0.1) is 0 Å². The van der Waals surface area contributed by atoms with Crippen LogP contribution >= 0.6 is 0 Å². The molecule has 0 fully saturated rings. The molecule has 25 heavy (non-hydrogen) atoms. The highest BCUT2D eigenvalue weighted by Gasteiger charge is 1.94. The Kier molecular flexibility index (Phi) is 23.4. The highest BCUT2D eigenvalue weighted by molar-refractivity contribution is 4.37. The minimum absolute atomic E-state index is 0.550. The fourth-order valence-corrected chi connectivity index (χ4v) is 1.61. The first-order valence-electron chi connectivity index (χ1n) is 8.95. The van der Waals surface area contributed by atoms with Crippen LogP contribution in [0.4, 0.5) is 0 Å². The summed E-state index contributed by atoms with van der Waals surface area (Å²) >= 11 is 0. The fraction of sp³-hybridized carbons (Fsp3) is 1.00. The van der Waals surface area contributed by atoms with Gasteiger partial charge in [0.25, 0.3) is 0 Å². The van der Waals surface area contributed by atoms with E-state index in [0.29, 0.717) is 92.5 Å². The molecule has 0 bridgehead atoms. The van der Waals surface area contributed by atoms with Gasteiger partial charge in [0.15, 0.2) is 0 Å². The quantitative estimate of drug-likeness (QED) is 0.260. The van der Waals surface area contributed by atoms with Crippen molar-refractivity contribution in [3.8, 4) is 0 Å². The lowest BCUT2D eigenvalue weighted by Gasteiger charge is -2.08. The lowest BCUT2D eigenvalue weighted by molar-refractivity contribution is -0.0218. The third-order valence-electron chi connectivity index (χ3n) is 2.87. The van der Waals surface area contributed by atoms with Gasteiger partial charge in [0, 0.05) is 13.7 Å². The number of hydrogen-bond acceptors (Lipinski definition) is 8. The molecular weight excluding hydrogens is 332 g/mol. The topological polar surface area (TPSA) is 73.8 Å². The molecule has 0 aromatic carbocycles. The largest absolute Gasteiger partial charge is 0.382 e. The molecule has 0 aliphatic heterocycles. The molecule has 0 N–H and O–H groups in total. The van der Waals surface area contributed by atoms with Gasteiger partial charge in [-0.3, -0.25) is 0 Å². The van der Waals surface area contributed by atoms with E-state index < -0.39 is 0 Å². The van der Waals surface area contributed by atoms with Crippen molar-refractivity contribution in [2.75, 3.05) is 106 Å². The summed E-state index contributed by atoms with van der Waals surface area (Å²) in [4.78, 5) is 0. The van der Waals surface area contributed by atoms with Crippen LogP contribution in [0, 0.1) is 0 Å². The van der Waals surface area contributed by atoms with E-state index in [1.807, 2.05) is 6.92 Å². The normalized spacial score (nSPS) is 11.3. The SMILES string of the molecule is CCOCCOCCOCCOCCOCCOCCOCCOC. The molecule has 0 spiro atoms. The maximum Gasteiger partial charge on any atom is 0.0701 e. The van der Waals surface area contributed by atoms with E-state index >= 15 is 0 Å². The molecule has 8 nitrogen and oxygen atoms in total. The van der Waals surface area contributed by atoms with Gasteiger partial charge in [0.2, 0.25) is 0 Å². The molecule has 0 saturated heterocycles. The molecule has 0 unspecified atom stereocenters. The van der Waals surface area contributed by atoms with Crippen molar-refractivity contribution in [1.82, 2.24) is 0 Å². The van der Waals surface area contributed by atoms with Crippen LogP contribution in [0.5, 0.6) is 0 Å². The van der Waals surface area contributed by atoms with Gasteiger partial charge >= 0.3 is 0 Å². The van der Waals surface area contributed by atoms with Gasteiger partial charge in [-0.2, -0.15) is 0 Å². The Morgan fingerprint density at radius 2 is 0.600 bits per heavy atom. The molecular formula is C17H36O8. The molecule has 0 amide bonds. The third kappa shape index (κ3) is 23.7. The average Bonchev–Trinajstić information content (AvgIpc) is 2.63. The molecule has 0 aliphatic rings. The van der Waals surface area contributed by atoms with E-state index in [1.54, 1.807) is 7.11 Å². The van der Waals surface area contributed by atoms with E-state index in [0.717, 1.165) is 6.61 Å². The van der Waals surface area contributed by atoms with Crippen LogP contribution in [0.3, 0.4) is 0 Å². The van der Waals surface area contributed by atoms with Crippen LogP contribution < -0.4 is 0 Å². The fourth-order valence-electron chi connectivity index (χ4n) is 1.61. The standard InChI is InChI=1S/C17H36O8/c1-3-19-6-7-21-10-11-23-14-15-25-17-16-24-13-12-22-9-8-20-5-4-18-2/h3-17H2,1-2H3. The Morgan fingerprint density at radius 3 is 0.840 bits per heavy atom. The van der Waals surface area contributed by atoms with Crippen LogP contribution in [-0.2, 0) is 37.9 Å². The minimum atomic E-state index is 0.550. The Hall–Kier alpha value is -0.320. The highest BCUT2D eigenvalue weighted by atomic mass is 16.6. The number of hydrogen-bond donors (Lipinski definition) is 0. The van der Waals surface area contributed by atoms with Gasteiger partial charge < -0.3 is 37.9 Å². The molecule has 0 atom stereocenters. The maximum absolute atomic E-state index is 5.39. The second kappa shape index (κ2) is 23.7. The molecule has 0 aliphatic carbocycles. The first-order chi connectivity index (χ1) is 12.4. The summed E-state index contributed by atoms with van der Waals surface area (Å²) in [6, 6.07) is 0. The van der Waals surface area contributed by atoms with Crippen molar-refractivity contribution < 1.29 is 37.9 Å². The molecule has 152 valence electrons. The van der Waals surface area contributed by atoms with Crippen molar-refractivity contribution in [2.24, 2.45) is 0 Å². The van der Waals surface area contributed by atoms with Crippen LogP contribution in [0.2, 0.25) is 0 Å². The second-order valence-electron chi connectivity index (χ2n) is 4.86. The Labute approximate surface area is 151 Å². The summed E-state index contributed by atoms with van der Waals surface area (Å²) in [5.41, 5.74) is 0. The van der Waals surface area contributed by atoms with Crippen LogP contribution in [0.1, 0.15) is 6.92 Å². The Bertz CT molecular complexity index is 209. The van der Waals surface area contributed by atoms with Crippen molar-refractivity contribution in [3.05, 3.63) is 0 Å². The smallest absolute Gasteiger partial charge is 0.0701 e. The molecule has 8 heteroatoms. The molecule has 0 radical (unpaired) electrons. The zero-order chi connectivity index (χ0) is 18.3. The lowest BCUT2D eigenvalue weighted by Crippen LogP contribution is -2.14. The van der Waals surface area contributed by atoms with E-state index in [-0.39, 0.29) is 0 Å². The van der Waals surface area contributed by atoms with Gasteiger partial charge in [-0.25, -0.2) is 0 Å². The van der Waals surface area contributed by atoms with E-state index in [4.69, 9.17) is 37.9 Å². The van der Waals surface area contributed by atoms with Gasteiger partial charge in [0.1, 0.15) is 0 Å². The summed E-state index contributed by atoms with van der Waals surface area (Å²) < 4.78 is 42.1. The second-order valence-corrected chi connectivity index (χ2v) is 4.86. The molecule has 0 rings (SSSR count). The summed E-state index contributed by atoms with van der Waals surface area (Å²) in [5.74, 6) is 0. The zero-order valence-electron chi connectivity index (χ0n) is 15.9. The van der Waals surface area contributed by atoms with Crippen molar-refractivity contribution in [3.63, 3.8) is 0 Å². The van der Waals surface area contributed by atoms with Crippen LogP contribution in [0.15, 0.2) is 0 Å². The van der Waals surface area contributed by atoms with Gasteiger partial charge in [-0.05, 0) is 6.92 Å². The number of rotatable bonds is 22. The predicted octanol–water partition coefficient (Wildman–Crippen LogP) is 0.769. The van der Waals surface area contributed by atoms with Crippen LogP contribution in [0.25, 0.3) is 0 Å². The van der Waals surface area contributed by atoms with E-state index in [1.165, 1.54) is 0 Å². The summed E-state index contributed by atoms with van der Waals surface area (Å²) in [5, 5.41) is 0. The predicted molar refractivity (Wildman–Crippen MR) is 93.3 cm³/mol. The van der Waals surface area contributed by atoms with E-state index in [2.05, 4.69) is 0 Å². The van der Waals surface area contributed by atoms with Crippen LogP contribution in [-0.4, -0.2) is 106 Å². The molecule has 0 aromatic rings. The summed E-state index contributed by atoms with van der Waals surface area (Å²) in [7, 11) is 1.65. The first kappa shape index (κ1) is 24.7. The third-order valence-corrected chi connectivity index (χ3v) is 2.87. The van der Waals surface area contributed by atoms with E-state index in [9.17, 15) is 0 Å². The molecule has 0 aromatic heterocycles. The minimum Gasteiger partial charge on any atom is -0.382 e. The monoisotopic (exact) mass is 368 g/mol. The van der Waals surface area contributed by atoms with Gasteiger partial charge in [0.05, 0.1) is 92.5 Å². The zero-order valence-corrected chi connectivity index (χ0v) is 15.9. The van der Waals surface area contributed by atoms with Crippen molar-refractivity contribution in [2.45, 2.75) is 6.92 Å². The number of methoxy groups -OCH3 is 1. The lowest BCUT2D eigenvalue weighted by atomic mass is 10.6.